The molecule has 1 aliphatic carbocycles. The Hall–Kier alpha value is -1.68. The molecule has 0 bridgehead atoms. The molecule has 1 unspecified atom stereocenters. The van der Waals surface area contributed by atoms with Crippen LogP contribution in [0.1, 0.15) is 23.6 Å². The first kappa shape index (κ1) is 10.5. The van der Waals surface area contributed by atoms with Crippen molar-refractivity contribution < 1.29 is 0 Å². The van der Waals surface area contributed by atoms with E-state index in [1.54, 1.807) is 6.20 Å². The molecule has 1 aromatic carbocycles. The van der Waals surface area contributed by atoms with Crippen LogP contribution in [-0.4, -0.2) is 21.5 Å². The van der Waals surface area contributed by atoms with Crippen LogP contribution in [0.15, 0.2) is 36.7 Å². The normalized spacial score (nSPS) is 18.2. The van der Waals surface area contributed by atoms with Crippen molar-refractivity contribution in [3.8, 4) is 0 Å². The minimum atomic E-state index is 0.509. The van der Waals surface area contributed by atoms with E-state index in [9.17, 15) is 0 Å². The Morgan fingerprint density at radius 2 is 2.29 bits per heavy atom. The van der Waals surface area contributed by atoms with E-state index < -0.39 is 0 Å². The molecule has 2 aromatic rings. The molecule has 1 aromatic heterocycles. The third-order valence-corrected chi connectivity index (χ3v) is 3.34. The smallest absolute Gasteiger partial charge is 0.0692 e. The molecule has 0 saturated carbocycles. The van der Waals surface area contributed by atoms with Crippen LogP contribution in [0.4, 0.5) is 0 Å². The maximum Gasteiger partial charge on any atom is 0.0692 e. The number of nitrogens with one attached hydrogen (secondary N) is 1. The van der Waals surface area contributed by atoms with Crippen molar-refractivity contribution in [2.24, 2.45) is 0 Å². The van der Waals surface area contributed by atoms with Crippen LogP contribution in [0, 0.1) is 0 Å². The van der Waals surface area contributed by atoms with Gasteiger partial charge < -0.3 is 5.32 Å². The first-order valence-electron chi connectivity index (χ1n) is 6.09. The summed E-state index contributed by atoms with van der Waals surface area (Å²) in [5.41, 5.74) is 2.96. The van der Waals surface area contributed by atoms with Gasteiger partial charge in [-0.05, 0) is 24.0 Å². The summed E-state index contributed by atoms with van der Waals surface area (Å²) >= 11 is 0. The number of aromatic nitrogens is 3. The highest BCUT2D eigenvalue weighted by molar-refractivity contribution is 5.34. The third kappa shape index (κ3) is 2.22. The number of rotatable bonds is 4. The van der Waals surface area contributed by atoms with Crippen LogP contribution >= 0.6 is 0 Å². The molecule has 1 aliphatic rings. The SMILES string of the molecule is c1ccc2c(c1)CCC2NCCn1ccnn1. The molecule has 0 aliphatic heterocycles. The van der Waals surface area contributed by atoms with E-state index >= 15 is 0 Å². The van der Waals surface area contributed by atoms with Crippen molar-refractivity contribution in [1.82, 2.24) is 20.3 Å². The van der Waals surface area contributed by atoms with Gasteiger partial charge in [0.15, 0.2) is 0 Å². The van der Waals surface area contributed by atoms with E-state index in [1.807, 2.05) is 10.9 Å². The molecule has 0 amide bonds. The third-order valence-electron chi connectivity index (χ3n) is 3.34. The van der Waals surface area contributed by atoms with Gasteiger partial charge >= 0.3 is 0 Å². The topological polar surface area (TPSA) is 42.7 Å². The van der Waals surface area contributed by atoms with Crippen LogP contribution in [0.2, 0.25) is 0 Å². The molecule has 1 atom stereocenters. The van der Waals surface area contributed by atoms with Crippen molar-refractivity contribution in [3.05, 3.63) is 47.8 Å². The second kappa shape index (κ2) is 4.67. The fourth-order valence-corrected chi connectivity index (χ4v) is 2.47. The van der Waals surface area contributed by atoms with E-state index in [1.165, 1.54) is 24.0 Å². The lowest BCUT2D eigenvalue weighted by molar-refractivity contribution is 0.478. The van der Waals surface area contributed by atoms with Crippen molar-refractivity contribution in [3.63, 3.8) is 0 Å². The fraction of sp³-hybridized carbons (Fsp3) is 0.385. The van der Waals surface area contributed by atoms with Crippen molar-refractivity contribution in [2.45, 2.75) is 25.4 Å². The predicted molar refractivity (Wildman–Crippen MR) is 65.5 cm³/mol. The van der Waals surface area contributed by atoms with E-state index in [-0.39, 0.29) is 0 Å². The molecule has 1 heterocycles. The molecule has 0 spiro atoms. The van der Waals surface area contributed by atoms with Gasteiger partial charge in [0, 0.05) is 18.8 Å². The Morgan fingerprint density at radius 1 is 1.35 bits per heavy atom. The summed E-state index contributed by atoms with van der Waals surface area (Å²) in [6.07, 6.45) is 6.00. The van der Waals surface area contributed by atoms with Crippen LogP contribution in [-0.2, 0) is 13.0 Å². The van der Waals surface area contributed by atoms with E-state index in [0.29, 0.717) is 6.04 Å². The molecule has 88 valence electrons. The summed E-state index contributed by atoms with van der Waals surface area (Å²) in [6.45, 7) is 1.81. The lowest BCUT2D eigenvalue weighted by atomic mass is 10.1. The van der Waals surface area contributed by atoms with Gasteiger partial charge in [0.25, 0.3) is 0 Å². The van der Waals surface area contributed by atoms with Gasteiger partial charge in [0.05, 0.1) is 12.7 Å². The van der Waals surface area contributed by atoms with Crippen LogP contribution in [0.5, 0.6) is 0 Å². The Labute approximate surface area is 101 Å². The molecule has 0 fully saturated rings. The van der Waals surface area contributed by atoms with Gasteiger partial charge in [-0.25, -0.2) is 0 Å². The molecule has 0 radical (unpaired) electrons. The zero-order chi connectivity index (χ0) is 11.5. The fourth-order valence-electron chi connectivity index (χ4n) is 2.47. The van der Waals surface area contributed by atoms with Gasteiger partial charge in [0.1, 0.15) is 0 Å². The first-order valence-corrected chi connectivity index (χ1v) is 6.09. The Kier molecular flexibility index (Phi) is 2.88. The number of benzene rings is 1. The largest absolute Gasteiger partial charge is 0.308 e. The molecule has 0 saturated heterocycles. The summed E-state index contributed by atoms with van der Waals surface area (Å²) in [7, 11) is 0. The summed E-state index contributed by atoms with van der Waals surface area (Å²) < 4.78 is 1.86. The summed E-state index contributed by atoms with van der Waals surface area (Å²) in [4.78, 5) is 0. The molecule has 4 nitrogen and oxygen atoms in total. The minimum Gasteiger partial charge on any atom is -0.308 e. The van der Waals surface area contributed by atoms with Gasteiger partial charge in [-0.15, -0.1) is 5.10 Å². The highest BCUT2D eigenvalue weighted by atomic mass is 15.4. The second-order valence-corrected chi connectivity index (χ2v) is 4.41. The van der Waals surface area contributed by atoms with E-state index in [0.717, 1.165) is 13.1 Å². The van der Waals surface area contributed by atoms with Crippen LogP contribution in [0.25, 0.3) is 0 Å². The van der Waals surface area contributed by atoms with Crippen molar-refractivity contribution in [1.29, 1.82) is 0 Å². The molecule has 17 heavy (non-hydrogen) atoms. The lowest BCUT2D eigenvalue weighted by Gasteiger charge is -2.13. The quantitative estimate of drug-likeness (QED) is 0.863. The average Bonchev–Trinajstić information content (AvgIpc) is 2.99. The Bertz CT molecular complexity index is 478. The van der Waals surface area contributed by atoms with Crippen molar-refractivity contribution in [2.75, 3.05) is 6.54 Å². The number of nitrogens with zero attached hydrogens (tertiary/aromatic N) is 3. The number of hydrogen-bond acceptors (Lipinski definition) is 3. The zero-order valence-corrected chi connectivity index (χ0v) is 9.71. The molecule has 4 heteroatoms. The van der Waals surface area contributed by atoms with Gasteiger partial charge in [-0.3, -0.25) is 4.68 Å². The monoisotopic (exact) mass is 228 g/mol. The maximum atomic E-state index is 3.95. The highest BCUT2D eigenvalue weighted by Gasteiger charge is 2.20. The number of hydrogen-bond donors (Lipinski definition) is 1. The number of aryl methyl sites for hydroxylation is 1. The lowest BCUT2D eigenvalue weighted by Crippen LogP contribution is -2.24. The second-order valence-electron chi connectivity index (χ2n) is 4.41. The van der Waals surface area contributed by atoms with Gasteiger partial charge in [-0.1, -0.05) is 29.5 Å². The molecular formula is C13H16N4. The summed E-state index contributed by atoms with van der Waals surface area (Å²) in [5, 5.41) is 11.3. The van der Waals surface area contributed by atoms with E-state index in [4.69, 9.17) is 0 Å². The zero-order valence-electron chi connectivity index (χ0n) is 9.71. The average molecular weight is 228 g/mol. The van der Waals surface area contributed by atoms with Crippen LogP contribution < -0.4 is 5.32 Å². The van der Waals surface area contributed by atoms with E-state index in [2.05, 4.69) is 39.9 Å². The molecule has 1 N–H and O–H groups in total. The van der Waals surface area contributed by atoms with Crippen molar-refractivity contribution >= 4 is 0 Å². The molecular weight excluding hydrogens is 212 g/mol. The standard InChI is InChI=1S/C13H16N4/c1-2-4-12-11(3-1)5-6-13(12)14-7-9-17-10-8-15-16-17/h1-4,8,10,13-14H,5-7,9H2. The molecule has 3 rings (SSSR count). The summed E-state index contributed by atoms with van der Waals surface area (Å²) in [5.74, 6) is 0. The first-order chi connectivity index (χ1) is 8.43. The van der Waals surface area contributed by atoms with Gasteiger partial charge in [0.2, 0.25) is 0 Å². The minimum absolute atomic E-state index is 0.509. The Balaban J connectivity index is 1.57. The Morgan fingerprint density at radius 3 is 3.18 bits per heavy atom. The maximum absolute atomic E-state index is 3.95. The number of fused-ring (bicyclic) bond motifs is 1. The van der Waals surface area contributed by atoms with Crippen LogP contribution in [0.3, 0.4) is 0 Å². The van der Waals surface area contributed by atoms with Gasteiger partial charge in [-0.2, -0.15) is 0 Å². The summed E-state index contributed by atoms with van der Waals surface area (Å²) in [6, 6.07) is 9.21. The highest BCUT2D eigenvalue weighted by Crippen LogP contribution is 2.30. The predicted octanol–water partition coefficient (Wildman–Crippen LogP) is 1.56.